The van der Waals surface area contributed by atoms with Gasteiger partial charge in [0.05, 0.1) is 11.9 Å². The third-order valence-electron chi connectivity index (χ3n) is 6.39. The molecule has 10 heteroatoms. The van der Waals surface area contributed by atoms with E-state index in [1.54, 1.807) is 18.2 Å². The van der Waals surface area contributed by atoms with E-state index < -0.39 is 33.6 Å². The van der Waals surface area contributed by atoms with Crippen molar-refractivity contribution in [1.29, 1.82) is 0 Å². The maximum Gasteiger partial charge on any atom is 0.243 e. The number of halogens is 2. The summed E-state index contributed by atoms with van der Waals surface area (Å²) in [6, 6.07) is 19.8. The molecule has 3 aromatic carbocycles. The number of hydrogen-bond donors (Lipinski definition) is 1. The first kappa shape index (κ1) is 30.7. The molecule has 0 aliphatic carbocycles. The number of carbonyl (C=O) groups is 2. The lowest BCUT2D eigenvalue weighted by molar-refractivity contribution is -0.141. The lowest BCUT2D eigenvalue weighted by Gasteiger charge is -2.32. The first-order valence-electron chi connectivity index (χ1n) is 13.2. The van der Waals surface area contributed by atoms with Crippen LogP contribution in [-0.2, 0) is 32.6 Å². The second-order valence-electron chi connectivity index (χ2n) is 9.50. The third-order valence-corrected chi connectivity index (χ3v) is 7.57. The number of anilines is 1. The van der Waals surface area contributed by atoms with Crippen molar-refractivity contribution in [3.8, 4) is 0 Å². The molecule has 7 nitrogen and oxygen atoms in total. The minimum atomic E-state index is -3.84. The number of amides is 2. The Bertz CT molecular complexity index is 1390. The number of carbonyl (C=O) groups excluding carboxylic acids is 2. The van der Waals surface area contributed by atoms with E-state index in [-0.39, 0.29) is 49.5 Å². The zero-order valence-corrected chi connectivity index (χ0v) is 23.5. The van der Waals surface area contributed by atoms with Gasteiger partial charge in [-0.15, -0.1) is 0 Å². The maximum absolute atomic E-state index is 14.7. The largest absolute Gasteiger partial charge is 0.354 e. The van der Waals surface area contributed by atoms with E-state index >= 15 is 0 Å². The van der Waals surface area contributed by atoms with Crippen molar-refractivity contribution in [2.75, 3.05) is 23.7 Å². The summed E-state index contributed by atoms with van der Waals surface area (Å²) in [6.07, 6.45) is 1.80. The topological polar surface area (TPSA) is 86.8 Å². The molecule has 0 fully saturated rings. The molecule has 0 saturated heterocycles. The van der Waals surface area contributed by atoms with Gasteiger partial charge in [-0.2, -0.15) is 0 Å². The van der Waals surface area contributed by atoms with E-state index in [1.165, 1.54) is 29.2 Å². The normalized spacial score (nSPS) is 12.0. The van der Waals surface area contributed by atoms with E-state index in [0.717, 1.165) is 22.2 Å². The molecule has 2 amide bonds. The van der Waals surface area contributed by atoms with Gasteiger partial charge in [-0.05, 0) is 36.6 Å². The van der Waals surface area contributed by atoms with Crippen LogP contribution in [0, 0.1) is 11.6 Å². The number of rotatable bonds is 14. The van der Waals surface area contributed by atoms with Crippen molar-refractivity contribution in [3.05, 3.63) is 102 Å². The highest BCUT2D eigenvalue weighted by molar-refractivity contribution is 7.92. The van der Waals surface area contributed by atoms with Crippen LogP contribution in [0.4, 0.5) is 14.5 Å². The number of para-hydroxylation sites is 1. The van der Waals surface area contributed by atoms with Gasteiger partial charge < -0.3 is 10.2 Å². The molecule has 214 valence electrons. The van der Waals surface area contributed by atoms with E-state index in [0.29, 0.717) is 13.0 Å². The van der Waals surface area contributed by atoms with Gasteiger partial charge >= 0.3 is 0 Å². The summed E-state index contributed by atoms with van der Waals surface area (Å²) < 4.78 is 54.9. The summed E-state index contributed by atoms with van der Waals surface area (Å²) in [4.78, 5) is 28.4. The molecule has 3 aromatic rings. The van der Waals surface area contributed by atoms with Crippen LogP contribution in [0.1, 0.15) is 37.3 Å². The summed E-state index contributed by atoms with van der Waals surface area (Å²) >= 11 is 0. The van der Waals surface area contributed by atoms with Gasteiger partial charge in [-0.25, -0.2) is 17.2 Å². The Morgan fingerprint density at radius 1 is 0.900 bits per heavy atom. The number of nitrogens with one attached hydrogen (secondary N) is 1. The van der Waals surface area contributed by atoms with Gasteiger partial charge in [0.1, 0.15) is 17.7 Å². The first-order chi connectivity index (χ1) is 19.1. The number of nitrogens with zero attached hydrogens (tertiary/aromatic N) is 2. The Kier molecular flexibility index (Phi) is 11.2. The Morgan fingerprint density at radius 3 is 2.15 bits per heavy atom. The Labute approximate surface area is 234 Å². The van der Waals surface area contributed by atoms with Gasteiger partial charge in [0.25, 0.3) is 0 Å². The second-order valence-corrected chi connectivity index (χ2v) is 11.4. The lowest BCUT2D eigenvalue weighted by Crippen LogP contribution is -2.50. The molecular formula is C30H35F2N3O4S. The van der Waals surface area contributed by atoms with Crippen LogP contribution in [-0.4, -0.2) is 50.5 Å². The average molecular weight is 572 g/mol. The van der Waals surface area contributed by atoms with Crippen LogP contribution < -0.4 is 9.62 Å². The highest BCUT2D eigenvalue weighted by atomic mass is 32.2. The molecule has 1 N–H and O–H groups in total. The van der Waals surface area contributed by atoms with Crippen LogP contribution in [0.15, 0.2) is 78.9 Å². The van der Waals surface area contributed by atoms with E-state index in [2.05, 4.69) is 5.32 Å². The molecule has 1 atom stereocenters. The minimum Gasteiger partial charge on any atom is -0.354 e. The predicted octanol–water partition coefficient (Wildman–Crippen LogP) is 4.68. The predicted molar refractivity (Wildman–Crippen MR) is 152 cm³/mol. The molecule has 3 rings (SSSR count). The van der Waals surface area contributed by atoms with Crippen molar-refractivity contribution in [2.24, 2.45) is 0 Å². The first-order valence-corrected chi connectivity index (χ1v) is 15.0. The fourth-order valence-electron chi connectivity index (χ4n) is 4.37. The molecule has 0 unspecified atom stereocenters. The highest BCUT2D eigenvalue weighted by Crippen LogP contribution is 2.23. The molecule has 0 heterocycles. The summed E-state index contributed by atoms with van der Waals surface area (Å²) in [5.74, 6) is -2.01. The number of benzene rings is 3. The van der Waals surface area contributed by atoms with Gasteiger partial charge in [0, 0.05) is 38.0 Å². The van der Waals surface area contributed by atoms with Crippen molar-refractivity contribution < 1.29 is 26.8 Å². The molecule has 0 saturated carbocycles. The van der Waals surface area contributed by atoms with E-state index in [4.69, 9.17) is 0 Å². The lowest BCUT2D eigenvalue weighted by atomic mass is 10.0. The SMILES string of the molecule is CCCNC(=O)[C@@H](Cc1ccccc1)N(Cc1ccccc1F)C(=O)CCCN(c1ccccc1F)S(C)(=O)=O. The smallest absolute Gasteiger partial charge is 0.243 e. The monoisotopic (exact) mass is 571 g/mol. The summed E-state index contributed by atoms with van der Waals surface area (Å²) in [7, 11) is -3.84. The fourth-order valence-corrected chi connectivity index (χ4v) is 5.33. The van der Waals surface area contributed by atoms with Crippen LogP contribution >= 0.6 is 0 Å². The maximum atomic E-state index is 14.7. The summed E-state index contributed by atoms with van der Waals surface area (Å²) in [5, 5.41) is 2.85. The van der Waals surface area contributed by atoms with Crippen LogP contribution in [0.3, 0.4) is 0 Å². The van der Waals surface area contributed by atoms with Crippen molar-refractivity contribution >= 4 is 27.5 Å². The van der Waals surface area contributed by atoms with Gasteiger partial charge in [-0.1, -0.05) is 67.6 Å². The Balaban J connectivity index is 1.89. The Hall–Kier alpha value is -3.79. The molecule has 0 aliphatic rings. The molecule has 0 bridgehead atoms. The molecule has 40 heavy (non-hydrogen) atoms. The molecule has 0 aromatic heterocycles. The fraction of sp³-hybridized carbons (Fsp3) is 0.333. The average Bonchev–Trinajstić information content (AvgIpc) is 2.93. The van der Waals surface area contributed by atoms with Gasteiger partial charge in [0.15, 0.2) is 0 Å². The van der Waals surface area contributed by atoms with Crippen LogP contribution in [0.25, 0.3) is 0 Å². The standard InChI is InChI=1S/C30H35F2N3O4S/c1-3-19-33-30(37)28(21-23-12-5-4-6-13-23)34(22-24-14-7-8-15-25(24)31)29(36)18-11-20-35(40(2,38)39)27-17-10-9-16-26(27)32/h4-10,12-17,28H,3,11,18-22H2,1-2H3,(H,33,37)/t28-/m1/s1. The third kappa shape index (κ3) is 8.61. The van der Waals surface area contributed by atoms with E-state index in [1.807, 2.05) is 37.3 Å². The minimum absolute atomic E-state index is 0.0582. The zero-order chi connectivity index (χ0) is 29.1. The van der Waals surface area contributed by atoms with Gasteiger partial charge in [0.2, 0.25) is 21.8 Å². The van der Waals surface area contributed by atoms with E-state index in [9.17, 15) is 26.8 Å². The number of hydrogen-bond acceptors (Lipinski definition) is 4. The van der Waals surface area contributed by atoms with Gasteiger partial charge in [-0.3, -0.25) is 13.9 Å². The van der Waals surface area contributed by atoms with Crippen molar-refractivity contribution in [2.45, 2.75) is 45.2 Å². The molecular weight excluding hydrogens is 536 g/mol. The summed E-state index contributed by atoms with van der Waals surface area (Å²) in [5.41, 5.74) is 0.969. The number of sulfonamides is 1. The van der Waals surface area contributed by atoms with Crippen molar-refractivity contribution in [1.82, 2.24) is 10.2 Å². The molecule has 0 spiro atoms. The van der Waals surface area contributed by atoms with Crippen LogP contribution in [0.5, 0.6) is 0 Å². The molecule has 0 radical (unpaired) electrons. The summed E-state index contributed by atoms with van der Waals surface area (Å²) in [6.45, 7) is 2.03. The molecule has 0 aliphatic heterocycles. The quantitative estimate of drug-likeness (QED) is 0.305. The second kappa shape index (κ2) is 14.6. The Morgan fingerprint density at radius 2 is 1.52 bits per heavy atom. The highest BCUT2D eigenvalue weighted by Gasteiger charge is 2.31. The van der Waals surface area contributed by atoms with Crippen molar-refractivity contribution in [3.63, 3.8) is 0 Å². The van der Waals surface area contributed by atoms with Crippen LogP contribution in [0.2, 0.25) is 0 Å². The zero-order valence-electron chi connectivity index (χ0n) is 22.7.